The van der Waals surface area contributed by atoms with Crippen LogP contribution < -0.4 is 10.6 Å². The fraction of sp³-hybridized carbons (Fsp3) is 0.222. The Kier molecular flexibility index (Phi) is 7.65. The fourth-order valence-electron chi connectivity index (χ4n) is 3.87. The number of carbonyl (C=O) groups is 2. The number of rotatable bonds is 9. The Hall–Kier alpha value is -3.58. The smallest absolute Gasteiger partial charge is 0.251 e. The number of thioether (sulfide) groups is 1. The second kappa shape index (κ2) is 11.0. The summed E-state index contributed by atoms with van der Waals surface area (Å²) in [7, 11) is 0. The van der Waals surface area contributed by atoms with Gasteiger partial charge in [-0.3, -0.25) is 9.59 Å². The first-order valence-corrected chi connectivity index (χ1v) is 12.5. The highest BCUT2D eigenvalue weighted by atomic mass is 32.2. The number of imidazole rings is 1. The maximum absolute atomic E-state index is 12.9. The van der Waals surface area contributed by atoms with Crippen LogP contribution >= 0.6 is 11.8 Å². The van der Waals surface area contributed by atoms with Crippen LogP contribution in [0.15, 0.2) is 77.7 Å². The van der Waals surface area contributed by atoms with E-state index in [2.05, 4.69) is 10.6 Å². The van der Waals surface area contributed by atoms with Crippen molar-refractivity contribution in [1.82, 2.24) is 14.9 Å². The molecule has 0 aliphatic heterocycles. The van der Waals surface area contributed by atoms with Crippen LogP contribution in [0, 0.1) is 6.92 Å². The first kappa shape index (κ1) is 23.6. The van der Waals surface area contributed by atoms with E-state index in [9.17, 15) is 9.59 Å². The molecule has 4 rings (SSSR count). The molecule has 0 fully saturated rings. The Balaban J connectivity index is 1.41. The van der Waals surface area contributed by atoms with Gasteiger partial charge in [-0.05, 0) is 62.1 Å². The van der Waals surface area contributed by atoms with Gasteiger partial charge in [0.05, 0.1) is 11.0 Å². The summed E-state index contributed by atoms with van der Waals surface area (Å²) in [6.45, 7) is 2.68. The molecule has 0 bridgehead atoms. The van der Waals surface area contributed by atoms with Crippen LogP contribution in [0.1, 0.15) is 28.2 Å². The minimum Gasteiger partial charge on any atom is -0.352 e. The SMILES string of the molecule is CSc1cccc(NC(=O)Cn2c(CCCNC(=O)c3cccc(C)c3)nc3ccccc32)c1. The molecule has 0 unspecified atom stereocenters. The van der Waals surface area contributed by atoms with Crippen molar-refractivity contribution < 1.29 is 9.59 Å². The van der Waals surface area contributed by atoms with Gasteiger partial charge in [-0.1, -0.05) is 35.9 Å². The zero-order valence-electron chi connectivity index (χ0n) is 19.4. The van der Waals surface area contributed by atoms with E-state index in [4.69, 9.17) is 4.98 Å². The van der Waals surface area contributed by atoms with Gasteiger partial charge in [-0.2, -0.15) is 0 Å². The van der Waals surface area contributed by atoms with E-state index in [-0.39, 0.29) is 18.4 Å². The number of aromatic nitrogens is 2. The lowest BCUT2D eigenvalue weighted by molar-refractivity contribution is -0.116. The van der Waals surface area contributed by atoms with Crippen LogP contribution in [-0.4, -0.2) is 34.2 Å². The van der Waals surface area contributed by atoms with Crippen molar-refractivity contribution in [2.24, 2.45) is 0 Å². The number of nitrogens with one attached hydrogen (secondary N) is 2. The van der Waals surface area contributed by atoms with Crippen molar-refractivity contribution in [3.63, 3.8) is 0 Å². The number of carbonyl (C=O) groups excluding carboxylic acids is 2. The minimum atomic E-state index is -0.101. The molecule has 0 saturated carbocycles. The van der Waals surface area contributed by atoms with Crippen molar-refractivity contribution in [1.29, 1.82) is 0 Å². The van der Waals surface area contributed by atoms with E-state index < -0.39 is 0 Å². The number of hydrogen-bond donors (Lipinski definition) is 2. The Morgan fingerprint density at radius 1 is 1.00 bits per heavy atom. The molecule has 1 aromatic heterocycles. The molecule has 3 aromatic carbocycles. The normalized spacial score (nSPS) is 10.9. The van der Waals surface area contributed by atoms with Gasteiger partial charge in [0.15, 0.2) is 0 Å². The van der Waals surface area contributed by atoms with Gasteiger partial charge < -0.3 is 15.2 Å². The lowest BCUT2D eigenvalue weighted by Gasteiger charge is -2.11. The third-order valence-corrected chi connectivity index (χ3v) is 6.26. The molecule has 0 atom stereocenters. The predicted molar refractivity (Wildman–Crippen MR) is 138 cm³/mol. The van der Waals surface area contributed by atoms with E-state index in [0.29, 0.717) is 18.5 Å². The Bertz CT molecular complexity index is 1310. The number of benzene rings is 3. The van der Waals surface area contributed by atoms with Gasteiger partial charge in [0.1, 0.15) is 12.4 Å². The summed E-state index contributed by atoms with van der Waals surface area (Å²) in [5.74, 6) is 0.651. The number of aryl methyl sites for hydroxylation is 2. The minimum absolute atomic E-state index is 0.0796. The van der Waals surface area contributed by atoms with Crippen LogP contribution in [0.4, 0.5) is 5.69 Å². The summed E-state index contributed by atoms with van der Waals surface area (Å²) in [5.41, 5.74) is 4.28. The van der Waals surface area contributed by atoms with E-state index in [0.717, 1.165) is 39.4 Å². The van der Waals surface area contributed by atoms with E-state index in [1.165, 1.54) is 0 Å². The molecule has 34 heavy (non-hydrogen) atoms. The zero-order chi connectivity index (χ0) is 23.9. The van der Waals surface area contributed by atoms with Gasteiger partial charge >= 0.3 is 0 Å². The molecule has 0 saturated heterocycles. The highest BCUT2D eigenvalue weighted by molar-refractivity contribution is 7.98. The van der Waals surface area contributed by atoms with Crippen molar-refractivity contribution >= 4 is 40.3 Å². The first-order valence-electron chi connectivity index (χ1n) is 11.3. The molecule has 2 N–H and O–H groups in total. The van der Waals surface area contributed by atoms with E-state index >= 15 is 0 Å². The number of anilines is 1. The molecular weight excluding hydrogens is 444 g/mol. The highest BCUT2D eigenvalue weighted by Crippen LogP contribution is 2.20. The van der Waals surface area contributed by atoms with E-state index in [1.807, 2.05) is 90.5 Å². The van der Waals surface area contributed by atoms with Gasteiger partial charge in [-0.15, -0.1) is 11.8 Å². The van der Waals surface area contributed by atoms with Crippen molar-refractivity contribution in [3.8, 4) is 0 Å². The lowest BCUT2D eigenvalue weighted by Crippen LogP contribution is -2.25. The standard InChI is InChI=1S/C27H28N4O2S/c1-19-8-5-9-20(16-19)27(33)28-15-7-14-25-30-23-12-3-4-13-24(23)31(25)18-26(32)29-21-10-6-11-22(17-21)34-2/h3-6,8-13,16-17H,7,14-15,18H2,1-2H3,(H,28,33)(H,29,32). The molecule has 2 amide bonds. The summed E-state index contributed by atoms with van der Waals surface area (Å²) in [6, 6.07) is 23.2. The maximum atomic E-state index is 12.9. The van der Waals surface area contributed by atoms with Crippen molar-refractivity contribution in [3.05, 3.63) is 89.7 Å². The number of fused-ring (bicyclic) bond motifs is 1. The van der Waals surface area contributed by atoms with Gasteiger partial charge in [0, 0.05) is 29.1 Å². The molecule has 0 aliphatic carbocycles. The highest BCUT2D eigenvalue weighted by Gasteiger charge is 2.14. The zero-order valence-corrected chi connectivity index (χ0v) is 20.2. The topological polar surface area (TPSA) is 76.0 Å². The molecule has 0 aliphatic rings. The fourth-order valence-corrected chi connectivity index (χ4v) is 4.33. The summed E-state index contributed by atoms with van der Waals surface area (Å²) in [5, 5.41) is 5.97. The lowest BCUT2D eigenvalue weighted by atomic mass is 10.1. The van der Waals surface area contributed by atoms with Crippen LogP contribution in [0.3, 0.4) is 0 Å². The van der Waals surface area contributed by atoms with Crippen LogP contribution in [0.25, 0.3) is 11.0 Å². The Morgan fingerprint density at radius 3 is 2.65 bits per heavy atom. The average molecular weight is 473 g/mol. The maximum Gasteiger partial charge on any atom is 0.251 e. The Morgan fingerprint density at radius 2 is 1.82 bits per heavy atom. The molecule has 174 valence electrons. The largest absolute Gasteiger partial charge is 0.352 e. The number of nitrogens with zero attached hydrogens (tertiary/aromatic N) is 2. The Labute approximate surface area is 203 Å². The molecule has 0 spiro atoms. The van der Waals surface area contributed by atoms with Crippen molar-refractivity contribution in [2.45, 2.75) is 31.2 Å². The molecule has 4 aromatic rings. The van der Waals surface area contributed by atoms with Crippen LogP contribution in [0.5, 0.6) is 0 Å². The monoisotopic (exact) mass is 472 g/mol. The first-order chi connectivity index (χ1) is 16.5. The molecule has 7 heteroatoms. The molecule has 1 heterocycles. The second-order valence-electron chi connectivity index (χ2n) is 8.11. The summed E-state index contributed by atoms with van der Waals surface area (Å²) < 4.78 is 1.96. The van der Waals surface area contributed by atoms with Gasteiger partial charge in [0.25, 0.3) is 5.91 Å². The molecular formula is C27H28N4O2S. The summed E-state index contributed by atoms with van der Waals surface area (Å²) in [4.78, 5) is 31.1. The third-order valence-electron chi connectivity index (χ3n) is 5.53. The van der Waals surface area contributed by atoms with E-state index in [1.54, 1.807) is 11.8 Å². The van der Waals surface area contributed by atoms with Gasteiger partial charge in [-0.25, -0.2) is 4.98 Å². The van der Waals surface area contributed by atoms with Crippen molar-refractivity contribution in [2.75, 3.05) is 18.1 Å². The quantitative estimate of drug-likeness (QED) is 0.263. The summed E-state index contributed by atoms with van der Waals surface area (Å²) >= 11 is 1.64. The van der Waals surface area contributed by atoms with Gasteiger partial charge in [0.2, 0.25) is 5.91 Å². The number of para-hydroxylation sites is 2. The van der Waals surface area contributed by atoms with Crippen LogP contribution in [0.2, 0.25) is 0 Å². The summed E-state index contributed by atoms with van der Waals surface area (Å²) in [6.07, 6.45) is 3.38. The van der Waals surface area contributed by atoms with Crippen LogP contribution in [-0.2, 0) is 17.8 Å². The average Bonchev–Trinajstić information content (AvgIpc) is 3.18. The molecule has 0 radical (unpaired) electrons. The predicted octanol–water partition coefficient (Wildman–Crippen LogP) is 5.07. The molecule has 6 nitrogen and oxygen atoms in total. The third kappa shape index (κ3) is 5.85. The second-order valence-corrected chi connectivity index (χ2v) is 8.99. The number of hydrogen-bond acceptors (Lipinski definition) is 4. The number of amides is 2.